The number of para-hydroxylation sites is 1. The molecule has 0 aliphatic rings. The van der Waals surface area contributed by atoms with Crippen LogP contribution in [-0.4, -0.2) is 18.7 Å². The number of halogens is 2. The molecule has 0 aliphatic heterocycles. The monoisotopic (exact) mass is 401 g/mol. The number of hydrogen-bond donors (Lipinski definition) is 2. The maximum Gasteiger partial charge on any atom is 0.259 e. The summed E-state index contributed by atoms with van der Waals surface area (Å²) in [6.45, 7) is 2.09. The second-order valence-electron chi connectivity index (χ2n) is 5.77. The van der Waals surface area contributed by atoms with E-state index in [1.807, 2.05) is 37.3 Å². The molecule has 0 radical (unpaired) electrons. The van der Waals surface area contributed by atoms with Crippen LogP contribution in [0.15, 0.2) is 64.1 Å². The maximum atomic E-state index is 11.9. The number of hydrazone groups is 1. The summed E-state index contributed by atoms with van der Waals surface area (Å²) in [4.78, 5) is 11.9. The molecule has 0 saturated heterocycles. The summed E-state index contributed by atoms with van der Waals surface area (Å²) >= 11 is 12.2. The van der Waals surface area contributed by atoms with E-state index >= 15 is 0 Å². The Labute approximate surface area is 167 Å². The number of benzene rings is 2. The molecule has 2 aromatic carbocycles. The standard InChI is InChI=1S/C20H17Cl2N3O2/c1-13-5-2-3-8-17(13)23-12-19(26)25-24-11-14-9-10-18(27-14)15-6-4-7-16(21)20(15)22/h2-11,23H,12H2,1H3,(H,25,26)/b24-11+. The molecule has 2 N–H and O–H groups in total. The molecule has 7 heteroatoms. The zero-order valence-corrected chi connectivity index (χ0v) is 16.0. The minimum absolute atomic E-state index is 0.115. The molecule has 138 valence electrons. The topological polar surface area (TPSA) is 66.6 Å². The minimum atomic E-state index is -0.265. The Kier molecular flexibility index (Phi) is 6.16. The van der Waals surface area contributed by atoms with Gasteiger partial charge in [-0.05, 0) is 42.8 Å². The van der Waals surface area contributed by atoms with Gasteiger partial charge in [-0.15, -0.1) is 0 Å². The van der Waals surface area contributed by atoms with Crippen molar-refractivity contribution < 1.29 is 9.21 Å². The average Bonchev–Trinajstić information content (AvgIpc) is 3.12. The van der Waals surface area contributed by atoms with Crippen LogP contribution in [-0.2, 0) is 4.79 Å². The summed E-state index contributed by atoms with van der Waals surface area (Å²) in [7, 11) is 0. The zero-order valence-electron chi connectivity index (χ0n) is 14.5. The van der Waals surface area contributed by atoms with Crippen molar-refractivity contribution in [1.82, 2.24) is 5.43 Å². The number of carbonyl (C=O) groups excluding carboxylic acids is 1. The van der Waals surface area contributed by atoms with Gasteiger partial charge in [-0.2, -0.15) is 5.10 Å². The van der Waals surface area contributed by atoms with E-state index in [9.17, 15) is 4.79 Å². The number of nitrogens with zero attached hydrogens (tertiary/aromatic N) is 1. The lowest BCUT2D eigenvalue weighted by Gasteiger charge is -2.07. The molecule has 1 aromatic heterocycles. The third kappa shape index (κ3) is 4.90. The van der Waals surface area contributed by atoms with Gasteiger partial charge in [0.1, 0.15) is 11.5 Å². The maximum absolute atomic E-state index is 11.9. The Bertz CT molecular complexity index is 983. The lowest BCUT2D eigenvalue weighted by Crippen LogP contribution is -2.26. The van der Waals surface area contributed by atoms with Gasteiger partial charge >= 0.3 is 0 Å². The summed E-state index contributed by atoms with van der Waals surface area (Å²) in [5.41, 5.74) is 5.12. The average molecular weight is 402 g/mol. The predicted molar refractivity (Wildman–Crippen MR) is 110 cm³/mol. The highest BCUT2D eigenvalue weighted by Gasteiger charge is 2.10. The molecule has 3 aromatic rings. The number of nitrogens with one attached hydrogen (secondary N) is 2. The molecular formula is C20H17Cl2N3O2. The predicted octanol–water partition coefficient (Wildman–Crippen LogP) is 5.12. The highest BCUT2D eigenvalue weighted by atomic mass is 35.5. The van der Waals surface area contributed by atoms with Crippen molar-refractivity contribution in [1.29, 1.82) is 0 Å². The van der Waals surface area contributed by atoms with Gasteiger partial charge in [0, 0.05) is 11.3 Å². The van der Waals surface area contributed by atoms with Crippen LogP contribution in [0.2, 0.25) is 10.0 Å². The van der Waals surface area contributed by atoms with Crippen molar-refractivity contribution in [3.05, 3.63) is 76.0 Å². The van der Waals surface area contributed by atoms with Gasteiger partial charge in [0.25, 0.3) is 5.91 Å². The van der Waals surface area contributed by atoms with E-state index in [4.69, 9.17) is 27.6 Å². The van der Waals surface area contributed by atoms with Crippen molar-refractivity contribution in [2.75, 3.05) is 11.9 Å². The SMILES string of the molecule is Cc1ccccc1NCC(=O)N/N=C/c1ccc(-c2cccc(Cl)c2Cl)o1. The van der Waals surface area contributed by atoms with Gasteiger partial charge < -0.3 is 9.73 Å². The molecule has 5 nitrogen and oxygen atoms in total. The van der Waals surface area contributed by atoms with Crippen LogP contribution in [0, 0.1) is 6.92 Å². The summed E-state index contributed by atoms with van der Waals surface area (Å²) in [5.74, 6) is 0.781. The minimum Gasteiger partial charge on any atom is -0.455 e. The van der Waals surface area contributed by atoms with Crippen molar-refractivity contribution in [2.24, 2.45) is 5.10 Å². The number of aryl methyl sites for hydroxylation is 1. The van der Waals surface area contributed by atoms with Crippen molar-refractivity contribution >= 4 is 41.0 Å². The molecule has 0 atom stereocenters. The highest BCUT2D eigenvalue weighted by molar-refractivity contribution is 6.43. The summed E-state index contributed by atoms with van der Waals surface area (Å²) < 4.78 is 5.67. The van der Waals surface area contributed by atoms with Crippen LogP contribution >= 0.6 is 23.2 Å². The fourth-order valence-electron chi connectivity index (χ4n) is 2.42. The fourth-order valence-corrected chi connectivity index (χ4v) is 2.81. The van der Waals surface area contributed by atoms with E-state index in [0.717, 1.165) is 11.3 Å². The van der Waals surface area contributed by atoms with E-state index in [-0.39, 0.29) is 12.5 Å². The van der Waals surface area contributed by atoms with Crippen molar-refractivity contribution in [2.45, 2.75) is 6.92 Å². The Morgan fingerprint density at radius 1 is 1.11 bits per heavy atom. The number of hydrogen-bond acceptors (Lipinski definition) is 4. The Morgan fingerprint density at radius 3 is 2.74 bits per heavy atom. The quantitative estimate of drug-likeness (QED) is 0.444. The molecule has 0 fully saturated rings. The largest absolute Gasteiger partial charge is 0.455 e. The lowest BCUT2D eigenvalue weighted by atomic mass is 10.2. The van der Waals surface area contributed by atoms with E-state index in [2.05, 4.69) is 15.8 Å². The highest BCUT2D eigenvalue weighted by Crippen LogP contribution is 2.34. The normalized spacial score (nSPS) is 10.9. The first kappa shape index (κ1) is 19.0. The van der Waals surface area contributed by atoms with Crippen LogP contribution < -0.4 is 10.7 Å². The van der Waals surface area contributed by atoms with E-state index < -0.39 is 0 Å². The number of furan rings is 1. The first-order valence-electron chi connectivity index (χ1n) is 8.20. The molecule has 0 bridgehead atoms. The van der Waals surface area contributed by atoms with Gasteiger partial charge in [-0.3, -0.25) is 4.79 Å². The Morgan fingerprint density at radius 2 is 1.93 bits per heavy atom. The third-order valence-electron chi connectivity index (χ3n) is 3.81. The van der Waals surface area contributed by atoms with E-state index in [1.54, 1.807) is 24.3 Å². The molecule has 0 unspecified atom stereocenters. The van der Waals surface area contributed by atoms with Crippen LogP contribution in [0.25, 0.3) is 11.3 Å². The van der Waals surface area contributed by atoms with Gasteiger partial charge in [0.05, 0.1) is 22.8 Å². The van der Waals surface area contributed by atoms with Crippen LogP contribution in [0.4, 0.5) is 5.69 Å². The summed E-state index contributed by atoms with van der Waals surface area (Å²) in [6.07, 6.45) is 1.42. The Hall–Kier alpha value is -2.76. The molecule has 0 aliphatic carbocycles. The number of amides is 1. The second kappa shape index (κ2) is 8.75. The number of carbonyl (C=O) groups is 1. The van der Waals surface area contributed by atoms with Gasteiger partial charge in [0.15, 0.2) is 0 Å². The summed E-state index contributed by atoms with van der Waals surface area (Å²) in [5, 5.41) is 7.84. The summed E-state index contributed by atoms with van der Waals surface area (Å²) in [6, 6.07) is 16.5. The fraction of sp³-hybridized carbons (Fsp3) is 0.100. The number of anilines is 1. The molecule has 1 amide bonds. The van der Waals surface area contributed by atoms with E-state index in [1.165, 1.54) is 6.21 Å². The third-order valence-corrected chi connectivity index (χ3v) is 4.63. The van der Waals surface area contributed by atoms with Crippen LogP contribution in [0.1, 0.15) is 11.3 Å². The number of rotatable bonds is 6. The van der Waals surface area contributed by atoms with Gasteiger partial charge in [-0.25, -0.2) is 5.43 Å². The Balaban J connectivity index is 1.56. The van der Waals surface area contributed by atoms with E-state index in [0.29, 0.717) is 27.1 Å². The molecule has 0 spiro atoms. The molecule has 0 saturated carbocycles. The molecular weight excluding hydrogens is 385 g/mol. The van der Waals surface area contributed by atoms with Gasteiger partial charge in [-0.1, -0.05) is 47.5 Å². The second-order valence-corrected chi connectivity index (χ2v) is 6.55. The first-order valence-corrected chi connectivity index (χ1v) is 8.96. The first-order chi connectivity index (χ1) is 13.0. The smallest absolute Gasteiger partial charge is 0.259 e. The lowest BCUT2D eigenvalue weighted by molar-refractivity contribution is -0.119. The van der Waals surface area contributed by atoms with Gasteiger partial charge in [0.2, 0.25) is 0 Å². The molecule has 27 heavy (non-hydrogen) atoms. The van der Waals surface area contributed by atoms with Crippen LogP contribution in [0.5, 0.6) is 0 Å². The van der Waals surface area contributed by atoms with Crippen molar-refractivity contribution in [3.63, 3.8) is 0 Å². The molecule has 1 heterocycles. The van der Waals surface area contributed by atoms with Crippen LogP contribution in [0.3, 0.4) is 0 Å². The molecule has 3 rings (SSSR count). The zero-order chi connectivity index (χ0) is 19.2. The van der Waals surface area contributed by atoms with Crippen molar-refractivity contribution in [3.8, 4) is 11.3 Å².